The first-order valence-corrected chi connectivity index (χ1v) is 9.13. The minimum absolute atomic E-state index is 0.0917. The molecule has 1 unspecified atom stereocenters. The summed E-state index contributed by atoms with van der Waals surface area (Å²) in [5.74, 6) is 0.289. The Kier molecular flexibility index (Phi) is 4.72. The third-order valence-electron chi connectivity index (χ3n) is 5.36. The molecular weight excluding hydrogens is 322 g/mol. The number of morpholine rings is 1. The number of carbonyl (C=O) groups excluding carboxylic acids is 2. The fraction of sp³-hybridized carbons (Fsp3) is 0.706. The van der Waals surface area contributed by atoms with E-state index in [0.717, 1.165) is 51.3 Å². The van der Waals surface area contributed by atoms with E-state index in [1.807, 2.05) is 20.7 Å². The lowest BCUT2D eigenvalue weighted by Gasteiger charge is -2.28. The highest BCUT2D eigenvalue weighted by atomic mass is 16.5. The summed E-state index contributed by atoms with van der Waals surface area (Å²) >= 11 is 0. The molecule has 4 heterocycles. The number of aromatic nitrogens is 2. The molecular formula is C17H25N5O3. The Morgan fingerprint density at radius 1 is 1.16 bits per heavy atom. The smallest absolute Gasteiger partial charge is 0.248 e. The van der Waals surface area contributed by atoms with Crippen LogP contribution in [0.2, 0.25) is 0 Å². The molecule has 8 nitrogen and oxygen atoms in total. The average molecular weight is 347 g/mol. The van der Waals surface area contributed by atoms with E-state index in [2.05, 4.69) is 10.00 Å². The minimum atomic E-state index is 0.0917. The van der Waals surface area contributed by atoms with E-state index in [4.69, 9.17) is 4.74 Å². The van der Waals surface area contributed by atoms with Gasteiger partial charge in [-0.3, -0.25) is 19.2 Å². The van der Waals surface area contributed by atoms with Crippen molar-refractivity contribution in [3.05, 3.63) is 12.4 Å². The molecule has 3 aliphatic rings. The Morgan fingerprint density at radius 3 is 2.88 bits per heavy atom. The summed E-state index contributed by atoms with van der Waals surface area (Å²) in [6.45, 7) is 5.96. The molecule has 1 aromatic rings. The van der Waals surface area contributed by atoms with Crippen molar-refractivity contribution in [2.75, 3.05) is 57.4 Å². The fourth-order valence-corrected chi connectivity index (χ4v) is 3.87. The third-order valence-corrected chi connectivity index (χ3v) is 5.36. The van der Waals surface area contributed by atoms with Gasteiger partial charge in [-0.15, -0.1) is 0 Å². The zero-order valence-corrected chi connectivity index (χ0v) is 14.5. The molecule has 3 fully saturated rings. The van der Waals surface area contributed by atoms with Gasteiger partial charge in [-0.2, -0.15) is 5.10 Å². The van der Waals surface area contributed by atoms with Gasteiger partial charge in [0.05, 0.1) is 24.5 Å². The van der Waals surface area contributed by atoms with Gasteiger partial charge in [0.2, 0.25) is 11.8 Å². The average Bonchev–Trinajstić information content (AvgIpc) is 3.33. The Hall–Kier alpha value is -1.93. The molecule has 3 saturated heterocycles. The molecule has 0 aliphatic carbocycles. The van der Waals surface area contributed by atoms with E-state index >= 15 is 0 Å². The van der Waals surface area contributed by atoms with Crippen molar-refractivity contribution in [2.45, 2.75) is 25.3 Å². The molecule has 1 aromatic heterocycles. The van der Waals surface area contributed by atoms with E-state index in [1.165, 1.54) is 0 Å². The van der Waals surface area contributed by atoms with Crippen LogP contribution in [0.4, 0.5) is 5.69 Å². The second kappa shape index (κ2) is 7.13. The van der Waals surface area contributed by atoms with Gasteiger partial charge in [0.15, 0.2) is 0 Å². The van der Waals surface area contributed by atoms with Gasteiger partial charge in [0.1, 0.15) is 6.61 Å². The molecule has 0 spiro atoms. The summed E-state index contributed by atoms with van der Waals surface area (Å²) in [6.07, 6.45) is 6.43. The maximum Gasteiger partial charge on any atom is 0.248 e. The molecule has 25 heavy (non-hydrogen) atoms. The van der Waals surface area contributed by atoms with Gasteiger partial charge < -0.3 is 14.5 Å². The molecule has 0 N–H and O–H groups in total. The SMILES string of the molecule is O=C1COCCN1CCN1CCC(n2cc(N3CCCC3=O)cn2)C1. The quantitative estimate of drug-likeness (QED) is 0.756. The first-order valence-electron chi connectivity index (χ1n) is 9.13. The lowest BCUT2D eigenvalue weighted by atomic mass is 10.3. The highest BCUT2D eigenvalue weighted by Gasteiger charge is 2.28. The summed E-state index contributed by atoms with van der Waals surface area (Å²) in [5, 5.41) is 4.49. The predicted molar refractivity (Wildman–Crippen MR) is 91.3 cm³/mol. The van der Waals surface area contributed by atoms with Crippen molar-refractivity contribution < 1.29 is 14.3 Å². The molecule has 136 valence electrons. The predicted octanol–water partition coefficient (Wildman–Crippen LogP) is 0.116. The number of anilines is 1. The van der Waals surface area contributed by atoms with Crippen molar-refractivity contribution in [2.24, 2.45) is 0 Å². The molecule has 0 bridgehead atoms. The lowest BCUT2D eigenvalue weighted by Crippen LogP contribution is -2.45. The summed E-state index contributed by atoms with van der Waals surface area (Å²) in [5.41, 5.74) is 0.917. The van der Waals surface area contributed by atoms with E-state index in [-0.39, 0.29) is 18.4 Å². The van der Waals surface area contributed by atoms with E-state index in [0.29, 0.717) is 25.6 Å². The van der Waals surface area contributed by atoms with Gasteiger partial charge in [-0.05, 0) is 12.8 Å². The first kappa shape index (κ1) is 16.5. The number of hydrogen-bond acceptors (Lipinski definition) is 5. The molecule has 0 aromatic carbocycles. The van der Waals surface area contributed by atoms with Crippen LogP contribution in [0, 0.1) is 0 Å². The zero-order valence-electron chi connectivity index (χ0n) is 14.5. The van der Waals surface area contributed by atoms with Crippen LogP contribution >= 0.6 is 0 Å². The number of likely N-dealkylation sites (tertiary alicyclic amines) is 1. The Labute approximate surface area is 147 Å². The standard InChI is InChI=1S/C17H25N5O3/c23-16-2-1-4-21(16)15-10-18-22(12-15)14-3-5-19(11-14)6-7-20-8-9-25-13-17(20)24/h10,12,14H,1-9,11,13H2. The molecule has 1 atom stereocenters. The highest BCUT2D eigenvalue weighted by Crippen LogP contribution is 2.25. The maximum absolute atomic E-state index is 11.9. The molecule has 2 amide bonds. The van der Waals surface area contributed by atoms with Gasteiger partial charge in [-0.1, -0.05) is 0 Å². The van der Waals surface area contributed by atoms with E-state index in [1.54, 1.807) is 6.20 Å². The lowest BCUT2D eigenvalue weighted by molar-refractivity contribution is -0.142. The maximum atomic E-state index is 11.9. The molecule has 8 heteroatoms. The third kappa shape index (κ3) is 3.55. The van der Waals surface area contributed by atoms with Crippen molar-refractivity contribution in [3.8, 4) is 0 Å². The fourth-order valence-electron chi connectivity index (χ4n) is 3.87. The second-order valence-corrected chi connectivity index (χ2v) is 7.00. The van der Waals surface area contributed by atoms with E-state index in [9.17, 15) is 9.59 Å². The molecule has 4 rings (SSSR count). The second-order valence-electron chi connectivity index (χ2n) is 7.00. The highest BCUT2D eigenvalue weighted by molar-refractivity contribution is 5.95. The van der Waals surface area contributed by atoms with E-state index < -0.39 is 0 Å². The number of nitrogens with zero attached hydrogens (tertiary/aromatic N) is 5. The summed E-state index contributed by atoms with van der Waals surface area (Å²) in [6, 6.07) is 0.340. The zero-order chi connectivity index (χ0) is 17.2. The van der Waals surface area contributed by atoms with Crippen LogP contribution in [0.3, 0.4) is 0 Å². The number of hydrogen-bond donors (Lipinski definition) is 0. The Bertz CT molecular complexity index is 646. The largest absolute Gasteiger partial charge is 0.370 e. The van der Waals surface area contributed by atoms with Crippen LogP contribution < -0.4 is 4.90 Å². The van der Waals surface area contributed by atoms with Crippen molar-refractivity contribution >= 4 is 17.5 Å². The van der Waals surface area contributed by atoms with Gasteiger partial charge >= 0.3 is 0 Å². The number of rotatable bonds is 5. The van der Waals surface area contributed by atoms with Crippen molar-refractivity contribution in [1.29, 1.82) is 0 Å². The monoisotopic (exact) mass is 347 g/mol. The van der Waals surface area contributed by atoms with Crippen LogP contribution in [-0.2, 0) is 14.3 Å². The Balaban J connectivity index is 1.29. The topological polar surface area (TPSA) is 70.9 Å². The van der Waals surface area contributed by atoms with Crippen LogP contribution in [0.5, 0.6) is 0 Å². The molecule has 0 saturated carbocycles. The summed E-state index contributed by atoms with van der Waals surface area (Å²) < 4.78 is 7.17. The number of amides is 2. The molecule has 3 aliphatic heterocycles. The summed E-state index contributed by atoms with van der Waals surface area (Å²) in [7, 11) is 0. The Morgan fingerprint density at radius 2 is 2.08 bits per heavy atom. The van der Waals surface area contributed by atoms with Gasteiger partial charge in [-0.25, -0.2) is 0 Å². The summed E-state index contributed by atoms with van der Waals surface area (Å²) in [4.78, 5) is 29.7. The van der Waals surface area contributed by atoms with Crippen molar-refractivity contribution in [1.82, 2.24) is 19.6 Å². The first-order chi connectivity index (χ1) is 12.2. The van der Waals surface area contributed by atoms with Crippen LogP contribution in [0.15, 0.2) is 12.4 Å². The number of carbonyl (C=O) groups is 2. The van der Waals surface area contributed by atoms with Crippen LogP contribution in [0.1, 0.15) is 25.3 Å². The number of ether oxygens (including phenoxy) is 1. The van der Waals surface area contributed by atoms with Gasteiger partial charge in [0.25, 0.3) is 0 Å². The van der Waals surface area contributed by atoms with Crippen molar-refractivity contribution in [3.63, 3.8) is 0 Å². The normalized spacial score (nSPS) is 25.4. The minimum Gasteiger partial charge on any atom is -0.370 e. The van der Waals surface area contributed by atoms with Gasteiger partial charge in [0, 0.05) is 51.9 Å². The molecule has 0 radical (unpaired) electrons. The van der Waals surface area contributed by atoms with Crippen LogP contribution in [0.25, 0.3) is 0 Å². The van der Waals surface area contributed by atoms with Crippen LogP contribution in [-0.4, -0.2) is 83.9 Å².